The van der Waals surface area contributed by atoms with E-state index < -0.39 is 5.91 Å². The van der Waals surface area contributed by atoms with E-state index in [1.54, 1.807) is 31.2 Å². The molecule has 1 heterocycles. The van der Waals surface area contributed by atoms with Crippen LogP contribution in [0, 0.1) is 12.7 Å². The van der Waals surface area contributed by atoms with Crippen molar-refractivity contribution in [1.29, 1.82) is 0 Å². The van der Waals surface area contributed by atoms with Gasteiger partial charge in [0.15, 0.2) is 0 Å². The molecule has 0 radical (unpaired) electrons. The second kappa shape index (κ2) is 6.54. The average molecular weight is 308 g/mol. The summed E-state index contributed by atoms with van der Waals surface area (Å²) in [7, 11) is 0. The summed E-state index contributed by atoms with van der Waals surface area (Å²) in [6.07, 6.45) is 0. The summed E-state index contributed by atoms with van der Waals surface area (Å²) in [4.78, 5) is 16.3. The third kappa shape index (κ3) is 3.70. The monoisotopic (exact) mass is 307 g/mol. The lowest BCUT2D eigenvalue weighted by Gasteiger charge is -2.09. The number of carbonyl (C=O) groups is 1. The van der Waals surface area contributed by atoms with Crippen LogP contribution in [0.15, 0.2) is 30.3 Å². The van der Waals surface area contributed by atoms with Gasteiger partial charge in [0, 0.05) is 12.2 Å². The van der Waals surface area contributed by atoms with Gasteiger partial charge in [-0.15, -0.1) is 0 Å². The number of hydrogen-bond acceptors (Lipinski definition) is 3. The summed E-state index contributed by atoms with van der Waals surface area (Å²) in [5.74, 6) is -0.307. The smallest absolute Gasteiger partial charge is 0.275 e. The normalized spacial score (nSPS) is 10.3. The van der Waals surface area contributed by atoms with Gasteiger partial charge < -0.3 is 10.6 Å². The highest BCUT2D eigenvalue weighted by Gasteiger charge is 2.14. The van der Waals surface area contributed by atoms with Gasteiger partial charge in [0.05, 0.1) is 5.02 Å². The van der Waals surface area contributed by atoms with Gasteiger partial charge >= 0.3 is 0 Å². The van der Waals surface area contributed by atoms with Gasteiger partial charge in [-0.1, -0.05) is 17.7 Å². The van der Waals surface area contributed by atoms with Gasteiger partial charge in [0.1, 0.15) is 17.3 Å². The lowest BCUT2D eigenvalue weighted by Crippen LogP contribution is -2.15. The van der Waals surface area contributed by atoms with Gasteiger partial charge in [0.2, 0.25) is 0 Å². The molecule has 1 amide bonds. The third-order valence-electron chi connectivity index (χ3n) is 2.85. The van der Waals surface area contributed by atoms with Crippen LogP contribution < -0.4 is 10.6 Å². The number of aryl methyl sites for hydroxylation is 1. The van der Waals surface area contributed by atoms with Crippen LogP contribution in [0.1, 0.15) is 23.0 Å². The fourth-order valence-electron chi connectivity index (χ4n) is 1.74. The minimum absolute atomic E-state index is 0.0936. The van der Waals surface area contributed by atoms with Crippen molar-refractivity contribution < 1.29 is 9.18 Å². The largest absolute Gasteiger partial charge is 0.370 e. The molecule has 2 rings (SSSR count). The second-order valence-corrected chi connectivity index (χ2v) is 4.88. The highest BCUT2D eigenvalue weighted by Crippen LogP contribution is 2.19. The number of benzene rings is 1. The third-order valence-corrected chi connectivity index (χ3v) is 3.15. The molecule has 0 fully saturated rings. The van der Waals surface area contributed by atoms with Gasteiger partial charge in [-0.05, 0) is 43.7 Å². The van der Waals surface area contributed by atoms with E-state index in [4.69, 9.17) is 11.6 Å². The lowest BCUT2D eigenvalue weighted by atomic mass is 10.2. The van der Waals surface area contributed by atoms with Gasteiger partial charge in [-0.3, -0.25) is 4.79 Å². The molecule has 0 spiro atoms. The van der Waals surface area contributed by atoms with E-state index in [-0.39, 0.29) is 16.5 Å². The van der Waals surface area contributed by atoms with E-state index in [1.807, 2.05) is 6.92 Å². The van der Waals surface area contributed by atoms with E-state index in [2.05, 4.69) is 15.6 Å². The molecule has 0 atom stereocenters. The molecule has 110 valence electrons. The molecule has 6 heteroatoms. The summed E-state index contributed by atoms with van der Waals surface area (Å²) in [6, 6.07) is 7.76. The Morgan fingerprint density at radius 2 is 2.10 bits per heavy atom. The summed E-state index contributed by atoms with van der Waals surface area (Å²) >= 11 is 5.99. The molecular formula is C15H15ClFN3O. The Balaban J connectivity index is 2.23. The zero-order valence-corrected chi connectivity index (χ0v) is 12.5. The molecule has 2 N–H and O–H groups in total. The number of carbonyl (C=O) groups excluding carboxylic acids is 1. The van der Waals surface area contributed by atoms with Crippen molar-refractivity contribution >= 4 is 29.0 Å². The molecule has 0 saturated heterocycles. The maximum atomic E-state index is 13.5. The van der Waals surface area contributed by atoms with Crippen molar-refractivity contribution in [2.24, 2.45) is 0 Å². The predicted octanol–water partition coefficient (Wildman–Crippen LogP) is 3.87. The van der Waals surface area contributed by atoms with Gasteiger partial charge in [-0.2, -0.15) is 0 Å². The first-order valence-corrected chi connectivity index (χ1v) is 6.87. The van der Waals surface area contributed by atoms with Gasteiger partial charge in [0.25, 0.3) is 5.91 Å². The Morgan fingerprint density at radius 3 is 2.76 bits per heavy atom. The molecular weight excluding hydrogens is 293 g/mol. The molecule has 0 aliphatic rings. The number of nitrogens with one attached hydrogen (secondary N) is 2. The van der Waals surface area contributed by atoms with E-state index in [1.165, 1.54) is 6.07 Å². The van der Waals surface area contributed by atoms with Crippen LogP contribution in [0.5, 0.6) is 0 Å². The molecule has 21 heavy (non-hydrogen) atoms. The highest BCUT2D eigenvalue weighted by molar-refractivity contribution is 6.34. The quantitative estimate of drug-likeness (QED) is 0.901. The van der Waals surface area contributed by atoms with Crippen LogP contribution in [-0.4, -0.2) is 17.4 Å². The van der Waals surface area contributed by atoms with E-state index in [0.29, 0.717) is 23.6 Å². The number of anilines is 2. The van der Waals surface area contributed by atoms with Crippen LogP contribution >= 0.6 is 11.6 Å². The maximum Gasteiger partial charge on any atom is 0.275 e. The standard InChI is InChI=1S/C15H15ClFN3O/c1-3-18-13-7-6-11(16)14(20-13)15(21)19-10-5-4-9(2)12(17)8-10/h4-8H,3H2,1-2H3,(H,18,20)(H,19,21). The Hall–Kier alpha value is -2.14. The summed E-state index contributed by atoms with van der Waals surface area (Å²) in [5, 5.41) is 5.82. The van der Waals surface area contributed by atoms with Crippen molar-refractivity contribution in [3.8, 4) is 0 Å². The summed E-state index contributed by atoms with van der Waals surface area (Å²) in [6.45, 7) is 4.25. The molecule has 2 aromatic rings. The first-order valence-electron chi connectivity index (χ1n) is 6.49. The van der Waals surface area contributed by atoms with Crippen LogP contribution in [0.3, 0.4) is 0 Å². The van der Waals surface area contributed by atoms with Crippen LogP contribution in [0.4, 0.5) is 15.9 Å². The number of hydrogen-bond donors (Lipinski definition) is 2. The lowest BCUT2D eigenvalue weighted by molar-refractivity contribution is 0.102. The van der Waals surface area contributed by atoms with E-state index in [9.17, 15) is 9.18 Å². The SMILES string of the molecule is CCNc1ccc(Cl)c(C(=O)Nc2ccc(C)c(F)c2)n1. The Bertz CT molecular complexity index is 676. The molecule has 0 aliphatic carbocycles. The summed E-state index contributed by atoms with van der Waals surface area (Å²) in [5.41, 5.74) is 0.962. The first kappa shape index (κ1) is 15.3. The minimum Gasteiger partial charge on any atom is -0.370 e. The van der Waals surface area contributed by atoms with Crippen LogP contribution in [-0.2, 0) is 0 Å². The van der Waals surface area contributed by atoms with Crippen molar-refractivity contribution in [3.05, 3.63) is 52.4 Å². The number of pyridine rings is 1. The molecule has 0 aliphatic heterocycles. The maximum absolute atomic E-state index is 13.5. The predicted molar refractivity (Wildman–Crippen MR) is 82.5 cm³/mol. The molecule has 4 nitrogen and oxygen atoms in total. The molecule has 0 saturated carbocycles. The fraction of sp³-hybridized carbons (Fsp3) is 0.200. The number of amides is 1. The number of aromatic nitrogens is 1. The molecule has 0 unspecified atom stereocenters. The average Bonchev–Trinajstić information content (AvgIpc) is 2.45. The van der Waals surface area contributed by atoms with Crippen molar-refractivity contribution in [1.82, 2.24) is 4.98 Å². The zero-order chi connectivity index (χ0) is 15.4. The van der Waals surface area contributed by atoms with E-state index >= 15 is 0 Å². The second-order valence-electron chi connectivity index (χ2n) is 4.48. The minimum atomic E-state index is -0.483. The van der Waals surface area contributed by atoms with Crippen LogP contribution in [0.2, 0.25) is 5.02 Å². The molecule has 1 aromatic carbocycles. The fourth-order valence-corrected chi connectivity index (χ4v) is 1.93. The summed E-state index contributed by atoms with van der Waals surface area (Å²) < 4.78 is 13.5. The Labute approximate surface area is 127 Å². The molecule has 1 aromatic heterocycles. The first-order chi connectivity index (χ1) is 10.0. The number of rotatable bonds is 4. The number of nitrogens with zero attached hydrogens (tertiary/aromatic N) is 1. The van der Waals surface area contributed by atoms with Gasteiger partial charge in [-0.25, -0.2) is 9.37 Å². The molecule has 0 bridgehead atoms. The Morgan fingerprint density at radius 1 is 1.33 bits per heavy atom. The zero-order valence-electron chi connectivity index (χ0n) is 11.7. The highest BCUT2D eigenvalue weighted by atomic mass is 35.5. The topological polar surface area (TPSA) is 54.0 Å². The van der Waals surface area contributed by atoms with Crippen molar-refractivity contribution in [2.45, 2.75) is 13.8 Å². The number of halogens is 2. The van der Waals surface area contributed by atoms with Crippen LogP contribution in [0.25, 0.3) is 0 Å². The van der Waals surface area contributed by atoms with E-state index in [0.717, 1.165) is 0 Å². The van der Waals surface area contributed by atoms with Crippen molar-refractivity contribution in [2.75, 3.05) is 17.2 Å². The van der Waals surface area contributed by atoms with Crippen molar-refractivity contribution in [3.63, 3.8) is 0 Å². The Kier molecular flexibility index (Phi) is 4.75.